The summed E-state index contributed by atoms with van der Waals surface area (Å²) in [6.07, 6.45) is 13.1. The Kier molecular flexibility index (Phi) is 6.06. The normalized spacial score (nSPS) is 32.8. The van der Waals surface area contributed by atoms with Crippen LogP contribution in [0.3, 0.4) is 0 Å². The zero-order chi connectivity index (χ0) is 17.3. The van der Waals surface area contributed by atoms with Crippen LogP contribution >= 0.6 is 0 Å². The van der Waals surface area contributed by atoms with E-state index in [0.29, 0.717) is 5.82 Å². The van der Waals surface area contributed by atoms with E-state index in [0.717, 1.165) is 17.8 Å². The highest BCUT2D eigenvalue weighted by Crippen LogP contribution is 2.41. The fraction of sp³-hybridized carbons (Fsp3) is 0.900. The third-order valence-corrected chi connectivity index (χ3v) is 6.66. The monoisotopic (exact) mass is 320 g/mol. The first kappa shape index (κ1) is 19.1. The van der Waals surface area contributed by atoms with Crippen molar-refractivity contribution in [3.63, 3.8) is 0 Å². The molecule has 1 fully saturated rings. The maximum Gasteiger partial charge on any atom is 0.297 e. The number of hydrogen-bond acceptors (Lipinski definition) is 2. The Bertz CT molecular complexity index is 402. The van der Waals surface area contributed by atoms with Crippen LogP contribution in [-0.4, -0.2) is 23.2 Å². The molecule has 0 spiro atoms. The Morgan fingerprint density at radius 3 is 2.04 bits per heavy atom. The van der Waals surface area contributed by atoms with Crippen molar-refractivity contribution >= 4 is 6.92 Å². The van der Waals surface area contributed by atoms with Gasteiger partial charge in [0.05, 0.1) is 11.2 Å². The van der Waals surface area contributed by atoms with Gasteiger partial charge in [0.15, 0.2) is 0 Å². The van der Waals surface area contributed by atoms with Gasteiger partial charge in [0.25, 0.3) is 6.92 Å². The van der Waals surface area contributed by atoms with E-state index in [1.165, 1.54) is 38.5 Å². The van der Waals surface area contributed by atoms with Gasteiger partial charge in [-0.05, 0) is 70.5 Å². The summed E-state index contributed by atoms with van der Waals surface area (Å²) >= 11 is 0. The summed E-state index contributed by atoms with van der Waals surface area (Å²) in [5.74, 6) is 3.11. The Morgan fingerprint density at radius 2 is 1.57 bits per heavy atom. The summed E-state index contributed by atoms with van der Waals surface area (Å²) in [5.41, 5.74) is -1.36. The molecule has 0 aromatic carbocycles. The molecule has 0 aromatic rings. The van der Waals surface area contributed by atoms with Crippen LogP contribution in [0.4, 0.5) is 0 Å². The van der Waals surface area contributed by atoms with E-state index in [1.54, 1.807) is 0 Å². The van der Waals surface area contributed by atoms with Crippen molar-refractivity contribution in [2.24, 2.45) is 17.8 Å². The minimum Gasteiger partial charge on any atom is -0.428 e. The molecule has 0 radical (unpaired) electrons. The van der Waals surface area contributed by atoms with Crippen LogP contribution in [0.25, 0.3) is 0 Å². The Balaban J connectivity index is 1.88. The molecule has 132 valence electrons. The molecule has 0 bridgehead atoms. The van der Waals surface area contributed by atoms with Crippen LogP contribution in [0.2, 0.25) is 12.6 Å². The Morgan fingerprint density at radius 1 is 0.957 bits per heavy atom. The molecule has 2 atom stereocenters. The lowest BCUT2D eigenvalue weighted by Crippen LogP contribution is -2.50. The highest BCUT2D eigenvalue weighted by molar-refractivity contribution is 6.52. The average Bonchev–Trinajstić information content (AvgIpc) is 2.46. The van der Waals surface area contributed by atoms with Crippen LogP contribution in [0.1, 0.15) is 73.1 Å². The number of rotatable bonds is 5. The second-order valence-electron chi connectivity index (χ2n) is 9.20. The molecule has 0 aliphatic heterocycles. The number of aliphatic hydroxyl groups is 1. The fourth-order valence-corrected chi connectivity index (χ4v) is 4.06. The Hall–Kier alpha value is -0.275. The minimum atomic E-state index is -0.832. The van der Waals surface area contributed by atoms with E-state index in [-0.39, 0.29) is 6.92 Å². The van der Waals surface area contributed by atoms with Gasteiger partial charge < -0.3 is 9.76 Å². The van der Waals surface area contributed by atoms with E-state index < -0.39 is 11.2 Å². The third kappa shape index (κ3) is 4.86. The maximum absolute atomic E-state index is 10.3. The standard InChI is InChI=1S/C20H37BO2/c1-15-7-9-16(10-8-15)17-11-13-18(14-12-17)21(6)23-20(4,5)19(2,3)22/h11,13,15-18,22H,7-10,12,14H2,1-6H3. The highest BCUT2D eigenvalue weighted by atomic mass is 16.5. The summed E-state index contributed by atoms with van der Waals surface area (Å²) in [5, 5.41) is 10.3. The van der Waals surface area contributed by atoms with E-state index in [4.69, 9.17) is 4.65 Å². The molecular weight excluding hydrogens is 283 g/mol. The van der Waals surface area contributed by atoms with Gasteiger partial charge in [-0.25, -0.2) is 0 Å². The van der Waals surface area contributed by atoms with Gasteiger partial charge in [-0.2, -0.15) is 0 Å². The van der Waals surface area contributed by atoms with Crippen molar-refractivity contribution in [2.75, 3.05) is 0 Å². The first-order chi connectivity index (χ1) is 10.6. The minimum absolute atomic E-state index is 0.153. The average molecular weight is 320 g/mol. The van der Waals surface area contributed by atoms with Crippen LogP contribution in [0.15, 0.2) is 12.2 Å². The molecule has 1 saturated carbocycles. The highest BCUT2D eigenvalue weighted by Gasteiger charge is 2.40. The summed E-state index contributed by atoms with van der Waals surface area (Å²) in [6, 6.07) is 0. The molecule has 23 heavy (non-hydrogen) atoms. The van der Waals surface area contributed by atoms with Crippen molar-refractivity contribution in [1.82, 2.24) is 0 Å². The fourth-order valence-electron chi connectivity index (χ4n) is 4.06. The number of allylic oxidation sites excluding steroid dienone is 2. The molecule has 2 unspecified atom stereocenters. The van der Waals surface area contributed by atoms with Gasteiger partial charge in [0, 0.05) is 0 Å². The molecule has 1 N–H and O–H groups in total. The van der Waals surface area contributed by atoms with E-state index in [2.05, 4.69) is 25.9 Å². The summed E-state index contributed by atoms with van der Waals surface area (Å²) in [6.45, 7) is 12.3. The molecule has 2 nitrogen and oxygen atoms in total. The van der Waals surface area contributed by atoms with E-state index >= 15 is 0 Å². The second-order valence-corrected chi connectivity index (χ2v) is 9.20. The third-order valence-electron chi connectivity index (χ3n) is 6.66. The van der Waals surface area contributed by atoms with E-state index in [1.807, 2.05) is 27.7 Å². The lowest BCUT2D eigenvalue weighted by atomic mass is 9.53. The van der Waals surface area contributed by atoms with Crippen LogP contribution in [-0.2, 0) is 4.65 Å². The zero-order valence-electron chi connectivity index (χ0n) is 16.1. The Labute approximate surface area is 144 Å². The van der Waals surface area contributed by atoms with Gasteiger partial charge in [0.1, 0.15) is 0 Å². The predicted octanol–water partition coefficient (Wildman–Crippen LogP) is 5.34. The molecule has 2 rings (SSSR count). The van der Waals surface area contributed by atoms with Crippen molar-refractivity contribution < 1.29 is 9.76 Å². The van der Waals surface area contributed by atoms with Gasteiger partial charge >= 0.3 is 0 Å². The summed E-state index contributed by atoms with van der Waals surface area (Å²) < 4.78 is 6.24. The molecule has 0 saturated heterocycles. The van der Waals surface area contributed by atoms with Crippen molar-refractivity contribution in [3.05, 3.63) is 12.2 Å². The molecule has 0 heterocycles. The van der Waals surface area contributed by atoms with Gasteiger partial charge in [-0.15, -0.1) is 0 Å². The van der Waals surface area contributed by atoms with Crippen LogP contribution in [0.5, 0.6) is 0 Å². The molecule has 0 amide bonds. The molecule has 2 aliphatic rings. The first-order valence-corrected chi connectivity index (χ1v) is 9.68. The van der Waals surface area contributed by atoms with Gasteiger partial charge in [-0.1, -0.05) is 45.2 Å². The lowest BCUT2D eigenvalue weighted by molar-refractivity contribution is -0.0936. The number of hydrogen-bond donors (Lipinski definition) is 1. The summed E-state index contributed by atoms with van der Waals surface area (Å²) in [7, 11) is 0. The quantitative estimate of drug-likeness (QED) is 0.547. The van der Waals surface area contributed by atoms with Crippen LogP contribution in [0, 0.1) is 17.8 Å². The first-order valence-electron chi connectivity index (χ1n) is 9.68. The molecule has 3 heteroatoms. The summed E-state index contributed by atoms with van der Waals surface area (Å²) in [4.78, 5) is 0. The molecule has 2 aliphatic carbocycles. The zero-order valence-corrected chi connectivity index (χ0v) is 16.1. The van der Waals surface area contributed by atoms with Gasteiger partial charge in [0.2, 0.25) is 0 Å². The lowest BCUT2D eigenvalue weighted by Gasteiger charge is -2.41. The second kappa shape index (κ2) is 7.31. The van der Waals surface area contributed by atoms with Crippen molar-refractivity contribution in [1.29, 1.82) is 0 Å². The molecular formula is C20H37BO2. The topological polar surface area (TPSA) is 29.5 Å². The predicted molar refractivity (Wildman–Crippen MR) is 99.8 cm³/mol. The van der Waals surface area contributed by atoms with Crippen LogP contribution < -0.4 is 0 Å². The smallest absolute Gasteiger partial charge is 0.297 e. The SMILES string of the molecule is CB(OC(C)(C)C(C)(C)O)C1C=CC(C2CCC(C)CC2)CC1. The largest absolute Gasteiger partial charge is 0.428 e. The van der Waals surface area contributed by atoms with Crippen molar-refractivity contribution in [3.8, 4) is 0 Å². The molecule has 0 aromatic heterocycles. The maximum atomic E-state index is 10.3. The van der Waals surface area contributed by atoms with E-state index in [9.17, 15) is 5.11 Å². The van der Waals surface area contributed by atoms with Gasteiger partial charge in [-0.3, -0.25) is 0 Å². The van der Waals surface area contributed by atoms with Crippen molar-refractivity contribution in [2.45, 2.75) is 97.0 Å².